The van der Waals surface area contributed by atoms with Crippen LogP contribution in [0, 0.1) is 13.8 Å². The summed E-state index contributed by atoms with van der Waals surface area (Å²) < 4.78 is 0. The molecule has 1 N–H and O–H groups in total. The number of likely N-dealkylation sites (N-methyl/N-ethyl adjacent to an activating group) is 1. The number of hydrogen-bond acceptors (Lipinski definition) is 2. The SMILES string of the molecule is CNCCc1ccc(-c2ccc(C)c(C)c2)s1. The van der Waals surface area contributed by atoms with Crippen molar-refractivity contribution in [2.75, 3.05) is 13.6 Å². The highest BCUT2D eigenvalue weighted by atomic mass is 32.1. The Balaban J connectivity index is 2.21. The average molecular weight is 245 g/mol. The van der Waals surface area contributed by atoms with Crippen molar-refractivity contribution in [3.8, 4) is 10.4 Å². The summed E-state index contributed by atoms with van der Waals surface area (Å²) in [6.07, 6.45) is 1.12. The van der Waals surface area contributed by atoms with E-state index >= 15 is 0 Å². The van der Waals surface area contributed by atoms with E-state index in [1.165, 1.54) is 26.4 Å². The van der Waals surface area contributed by atoms with E-state index in [1.54, 1.807) is 0 Å². The lowest BCUT2D eigenvalue weighted by Gasteiger charge is -2.02. The summed E-state index contributed by atoms with van der Waals surface area (Å²) in [5, 5.41) is 3.19. The molecule has 0 unspecified atom stereocenters. The predicted molar refractivity (Wildman–Crippen MR) is 76.9 cm³/mol. The van der Waals surface area contributed by atoms with Crippen molar-refractivity contribution in [2.45, 2.75) is 20.3 Å². The van der Waals surface area contributed by atoms with Gasteiger partial charge in [-0.25, -0.2) is 0 Å². The van der Waals surface area contributed by atoms with Crippen LogP contribution in [0.5, 0.6) is 0 Å². The maximum Gasteiger partial charge on any atom is 0.0345 e. The lowest BCUT2D eigenvalue weighted by molar-refractivity contribution is 0.799. The first-order valence-corrected chi connectivity index (χ1v) is 6.83. The van der Waals surface area contributed by atoms with Crippen LogP contribution in [-0.2, 0) is 6.42 Å². The summed E-state index contributed by atoms with van der Waals surface area (Å²) in [4.78, 5) is 2.83. The molecule has 1 aromatic carbocycles. The van der Waals surface area contributed by atoms with Crippen LogP contribution in [0.3, 0.4) is 0 Å². The van der Waals surface area contributed by atoms with Gasteiger partial charge >= 0.3 is 0 Å². The molecule has 1 heterocycles. The number of nitrogens with one attached hydrogen (secondary N) is 1. The number of benzene rings is 1. The Labute approximate surface area is 108 Å². The second-order valence-electron chi connectivity index (χ2n) is 4.42. The van der Waals surface area contributed by atoms with E-state index in [9.17, 15) is 0 Å². The Morgan fingerprint density at radius 1 is 1.06 bits per heavy atom. The number of rotatable bonds is 4. The van der Waals surface area contributed by atoms with Crippen molar-refractivity contribution < 1.29 is 0 Å². The van der Waals surface area contributed by atoms with Gasteiger partial charge in [-0.2, -0.15) is 0 Å². The van der Waals surface area contributed by atoms with Gasteiger partial charge in [-0.3, -0.25) is 0 Å². The minimum absolute atomic E-state index is 1.05. The van der Waals surface area contributed by atoms with E-state index in [0.29, 0.717) is 0 Å². The van der Waals surface area contributed by atoms with E-state index in [0.717, 1.165) is 13.0 Å². The molecule has 0 fully saturated rings. The molecule has 2 rings (SSSR count). The monoisotopic (exact) mass is 245 g/mol. The molecule has 0 atom stereocenters. The van der Waals surface area contributed by atoms with Crippen LogP contribution in [0.15, 0.2) is 30.3 Å². The molecule has 0 aliphatic heterocycles. The fourth-order valence-corrected chi connectivity index (χ4v) is 2.81. The fourth-order valence-electron chi connectivity index (χ4n) is 1.81. The Morgan fingerprint density at radius 3 is 2.59 bits per heavy atom. The van der Waals surface area contributed by atoms with Crippen LogP contribution >= 0.6 is 11.3 Å². The summed E-state index contributed by atoms with van der Waals surface area (Å²) in [5.74, 6) is 0. The van der Waals surface area contributed by atoms with Crippen molar-refractivity contribution in [1.29, 1.82) is 0 Å². The zero-order valence-corrected chi connectivity index (χ0v) is 11.5. The van der Waals surface area contributed by atoms with Gasteiger partial charge in [0.15, 0.2) is 0 Å². The van der Waals surface area contributed by atoms with Crippen molar-refractivity contribution in [3.05, 3.63) is 46.3 Å². The lowest BCUT2D eigenvalue weighted by atomic mass is 10.1. The first-order chi connectivity index (χ1) is 8.20. The highest BCUT2D eigenvalue weighted by molar-refractivity contribution is 7.15. The minimum atomic E-state index is 1.05. The normalized spacial score (nSPS) is 10.8. The molecule has 0 bridgehead atoms. The molecule has 2 heteroatoms. The van der Waals surface area contributed by atoms with Crippen LogP contribution in [0.2, 0.25) is 0 Å². The van der Waals surface area contributed by atoms with Gasteiger partial charge in [-0.15, -0.1) is 11.3 Å². The molecule has 0 saturated carbocycles. The summed E-state index contributed by atoms with van der Waals surface area (Å²) in [6, 6.07) is 11.2. The highest BCUT2D eigenvalue weighted by Gasteiger charge is 2.03. The Morgan fingerprint density at radius 2 is 1.88 bits per heavy atom. The third-order valence-electron chi connectivity index (χ3n) is 3.07. The molecule has 1 aromatic heterocycles. The molecule has 90 valence electrons. The Bertz CT molecular complexity index is 499. The molecule has 0 aliphatic carbocycles. The van der Waals surface area contributed by atoms with Gasteiger partial charge in [0.05, 0.1) is 0 Å². The van der Waals surface area contributed by atoms with Crippen LogP contribution in [-0.4, -0.2) is 13.6 Å². The number of hydrogen-bond donors (Lipinski definition) is 1. The maximum atomic E-state index is 3.19. The summed E-state index contributed by atoms with van der Waals surface area (Å²) in [6.45, 7) is 5.38. The van der Waals surface area contributed by atoms with E-state index in [1.807, 2.05) is 18.4 Å². The van der Waals surface area contributed by atoms with Gasteiger partial charge in [0, 0.05) is 9.75 Å². The van der Waals surface area contributed by atoms with Crippen LogP contribution in [0.4, 0.5) is 0 Å². The zero-order valence-electron chi connectivity index (χ0n) is 10.7. The zero-order chi connectivity index (χ0) is 12.3. The molecule has 0 radical (unpaired) electrons. The van der Waals surface area contributed by atoms with Crippen molar-refractivity contribution in [3.63, 3.8) is 0 Å². The predicted octanol–water partition coefficient (Wildman–Crippen LogP) is 3.79. The number of thiophene rings is 1. The summed E-state index contributed by atoms with van der Waals surface area (Å²) in [5.41, 5.74) is 4.07. The first kappa shape index (κ1) is 12.3. The van der Waals surface area contributed by atoms with Crippen LogP contribution in [0.25, 0.3) is 10.4 Å². The molecular weight excluding hydrogens is 226 g/mol. The molecule has 17 heavy (non-hydrogen) atoms. The standard InChI is InChI=1S/C15H19NS/c1-11-4-5-13(10-12(11)2)15-7-6-14(17-15)8-9-16-3/h4-7,10,16H,8-9H2,1-3H3. The quantitative estimate of drug-likeness (QED) is 0.864. The van der Waals surface area contributed by atoms with E-state index in [2.05, 4.69) is 49.5 Å². The van der Waals surface area contributed by atoms with Gasteiger partial charge in [0.2, 0.25) is 0 Å². The third kappa shape index (κ3) is 2.96. The fraction of sp³-hybridized carbons (Fsp3) is 0.333. The lowest BCUT2D eigenvalue weighted by Crippen LogP contribution is -2.09. The van der Waals surface area contributed by atoms with Gasteiger partial charge < -0.3 is 5.32 Å². The molecule has 0 amide bonds. The molecule has 0 aliphatic rings. The molecular formula is C15H19NS. The van der Waals surface area contributed by atoms with Gasteiger partial charge in [-0.1, -0.05) is 18.2 Å². The topological polar surface area (TPSA) is 12.0 Å². The van der Waals surface area contributed by atoms with E-state index in [4.69, 9.17) is 0 Å². The first-order valence-electron chi connectivity index (χ1n) is 6.01. The second kappa shape index (κ2) is 5.48. The summed E-state index contributed by atoms with van der Waals surface area (Å²) >= 11 is 1.90. The van der Waals surface area contributed by atoms with Gasteiger partial charge in [-0.05, 0) is 62.7 Å². The smallest absolute Gasteiger partial charge is 0.0345 e. The number of aryl methyl sites for hydroxylation is 2. The van der Waals surface area contributed by atoms with Crippen LogP contribution in [0.1, 0.15) is 16.0 Å². The maximum absolute atomic E-state index is 3.19. The van der Waals surface area contributed by atoms with Gasteiger partial charge in [0.25, 0.3) is 0 Å². The Hall–Kier alpha value is -1.12. The molecule has 1 nitrogen and oxygen atoms in total. The third-order valence-corrected chi connectivity index (χ3v) is 4.27. The molecule has 2 aromatic rings. The summed E-state index contributed by atoms with van der Waals surface area (Å²) in [7, 11) is 2.00. The minimum Gasteiger partial charge on any atom is -0.319 e. The highest BCUT2D eigenvalue weighted by Crippen LogP contribution is 2.29. The van der Waals surface area contributed by atoms with Crippen LogP contribution < -0.4 is 5.32 Å². The Kier molecular flexibility index (Phi) is 3.97. The van der Waals surface area contributed by atoms with Gasteiger partial charge in [0.1, 0.15) is 0 Å². The van der Waals surface area contributed by atoms with E-state index in [-0.39, 0.29) is 0 Å². The van der Waals surface area contributed by atoms with E-state index < -0.39 is 0 Å². The molecule has 0 saturated heterocycles. The van der Waals surface area contributed by atoms with Crippen molar-refractivity contribution in [2.24, 2.45) is 0 Å². The van der Waals surface area contributed by atoms with Crippen molar-refractivity contribution in [1.82, 2.24) is 5.32 Å². The largest absolute Gasteiger partial charge is 0.319 e. The average Bonchev–Trinajstić information content (AvgIpc) is 2.79. The molecule has 0 spiro atoms. The second-order valence-corrected chi connectivity index (χ2v) is 5.59. The van der Waals surface area contributed by atoms with Crippen molar-refractivity contribution >= 4 is 11.3 Å².